The van der Waals surface area contributed by atoms with E-state index in [1.54, 1.807) is 0 Å². The van der Waals surface area contributed by atoms with Crippen molar-refractivity contribution in [2.45, 2.75) is 86.2 Å². The zero-order chi connectivity index (χ0) is 32.6. The number of aryl methyl sites for hydroxylation is 2. The van der Waals surface area contributed by atoms with Gasteiger partial charge < -0.3 is 10.6 Å². The van der Waals surface area contributed by atoms with Gasteiger partial charge in [-0.15, -0.1) is 0 Å². The second-order valence-electron chi connectivity index (χ2n) is 15.5. The Bertz CT molecular complexity index is 1680. The Labute approximate surface area is 273 Å². The second kappa shape index (κ2) is 11.3. The average molecular weight is 602 g/mol. The number of benzene rings is 2. The van der Waals surface area contributed by atoms with E-state index in [-0.39, 0.29) is 16.9 Å². The van der Waals surface area contributed by atoms with Gasteiger partial charge >= 0.3 is 0 Å². The minimum absolute atomic E-state index is 0.0355. The van der Waals surface area contributed by atoms with Gasteiger partial charge in [0.15, 0.2) is 0 Å². The molecule has 4 aliphatic rings. The summed E-state index contributed by atoms with van der Waals surface area (Å²) in [6, 6.07) is 12.1. The van der Waals surface area contributed by atoms with Crippen LogP contribution >= 0.6 is 0 Å². The normalized spacial score (nSPS) is 28.7. The van der Waals surface area contributed by atoms with E-state index in [0.717, 1.165) is 30.5 Å². The highest BCUT2D eigenvalue weighted by Crippen LogP contribution is 2.66. The largest absolute Gasteiger partial charge is 0.399 e. The molecule has 0 bridgehead atoms. The Morgan fingerprint density at radius 1 is 0.956 bits per heavy atom. The first-order valence-electron chi connectivity index (χ1n) is 17.1. The third-order valence-corrected chi connectivity index (χ3v) is 12.3. The van der Waals surface area contributed by atoms with Crippen LogP contribution in [0.5, 0.6) is 0 Å². The quantitative estimate of drug-likeness (QED) is 0.371. The molecule has 6 rings (SSSR count). The minimum atomic E-state index is -0.230. The summed E-state index contributed by atoms with van der Waals surface area (Å²) in [5.74, 6) is 0.370. The molecular weight excluding hydrogens is 546 g/mol. The average Bonchev–Trinajstić information content (AvgIpc) is 2.96. The van der Waals surface area contributed by atoms with Crippen molar-refractivity contribution in [3.63, 3.8) is 0 Å². The van der Waals surface area contributed by atoms with Gasteiger partial charge in [-0.05, 0) is 159 Å². The lowest BCUT2D eigenvalue weighted by atomic mass is 9.46. The summed E-state index contributed by atoms with van der Waals surface area (Å²) in [5.41, 5.74) is 24.0. The number of likely N-dealkylation sites (N-methyl/N-ethyl adjacent to an activating group) is 1. The summed E-state index contributed by atoms with van der Waals surface area (Å²) < 4.78 is 0. The van der Waals surface area contributed by atoms with Crippen molar-refractivity contribution in [2.75, 3.05) is 27.2 Å². The van der Waals surface area contributed by atoms with Crippen LogP contribution in [0.4, 0.5) is 0 Å². The molecular formula is C42H55N3. The van der Waals surface area contributed by atoms with E-state index in [2.05, 4.69) is 102 Å². The number of fused-ring (bicyclic) bond motifs is 3. The molecule has 45 heavy (non-hydrogen) atoms. The van der Waals surface area contributed by atoms with Crippen LogP contribution in [0, 0.1) is 30.6 Å². The first kappa shape index (κ1) is 31.8. The van der Waals surface area contributed by atoms with Crippen LogP contribution in [-0.4, -0.2) is 43.0 Å². The van der Waals surface area contributed by atoms with Gasteiger partial charge in [0.05, 0.1) is 0 Å². The lowest BCUT2D eigenvalue weighted by Crippen LogP contribution is -2.55. The maximum absolute atomic E-state index is 6.48. The van der Waals surface area contributed by atoms with Crippen molar-refractivity contribution in [3.05, 3.63) is 111 Å². The molecule has 0 unspecified atom stereocenters. The molecule has 0 aromatic heterocycles. The molecule has 2 N–H and O–H groups in total. The molecule has 1 heterocycles. The van der Waals surface area contributed by atoms with Crippen LogP contribution in [0.3, 0.4) is 0 Å². The number of hydrogen-bond acceptors (Lipinski definition) is 3. The first-order valence-corrected chi connectivity index (χ1v) is 17.1. The van der Waals surface area contributed by atoms with Gasteiger partial charge in [-0.2, -0.15) is 0 Å². The van der Waals surface area contributed by atoms with E-state index in [4.69, 9.17) is 18.9 Å². The maximum atomic E-state index is 6.48. The van der Waals surface area contributed by atoms with Gasteiger partial charge in [0, 0.05) is 29.3 Å². The zero-order valence-electron chi connectivity index (χ0n) is 29.3. The lowest BCUT2D eigenvalue weighted by Gasteiger charge is -2.59. The molecule has 3 nitrogen and oxygen atoms in total. The van der Waals surface area contributed by atoms with Crippen molar-refractivity contribution < 1.29 is 0 Å². The van der Waals surface area contributed by atoms with Crippen LogP contribution in [0.2, 0.25) is 0 Å². The molecule has 1 aliphatic heterocycles. The van der Waals surface area contributed by atoms with Gasteiger partial charge in [0.25, 0.3) is 0 Å². The highest BCUT2D eigenvalue weighted by molar-refractivity contribution is 5.90. The van der Waals surface area contributed by atoms with Gasteiger partial charge in [-0.1, -0.05) is 69.8 Å². The number of nitrogens with zero attached hydrogens (tertiary/aromatic N) is 2. The molecule has 1 fully saturated rings. The van der Waals surface area contributed by atoms with Gasteiger partial charge in [0.1, 0.15) is 0 Å². The van der Waals surface area contributed by atoms with Crippen LogP contribution in [0.15, 0.2) is 83.6 Å². The Morgan fingerprint density at radius 2 is 1.62 bits per heavy atom. The topological polar surface area (TPSA) is 32.5 Å². The Balaban J connectivity index is 1.50. The van der Waals surface area contributed by atoms with Crippen molar-refractivity contribution in [3.8, 4) is 11.1 Å². The lowest BCUT2D eigenvalue weighted by molar-refractivity contribution is 0.0852. The van der Waals surface area contributed by atoms with Gasteiger partial charge in [-0.25, -0.2) is 0 Å². The predicted molar refractivity (Wildman–Crippen MR) is 193 cm³/mol. The second-order valence-corrected chi connectivity index (χ2v) is 15.5. The number of likely N-dealkylation sites (tertiary alicyclic amines) is 1. The van der Waals surface area contributed by atoms with E-state index in [1.807, 2.05) is 0 Å². The Morgan fingerprint density at radius 3 is 2.27 bits per heavy atom. The SMILES string of the molecule is C=C(N)C1=C(C)[C@@H](N(C)C)[C@@H]2C[C@]3(C)Cc4c(-c5cc(CN6CCCCC6)ccc5C)ccc(C)c4C(=C)C3=C(C)[C@]2(C)C1=C. The number of hydrogen-bond donors (Lipinski definition) is 1. The molecule has 3 heteroatoms. The van der Waals surface area contributed by atoms with Crippen molar-refractivity contribution in [1.82, 2.24) is 9.80 Å². The zero-order valence-corrected chi connectivity index (χ0v) is 29.3. The monoisotopic (exact) mass is 601 g/mol. The van der Waals surface area contributed by atoms with Crippen molar-refractivity contribution >= 4 is 5.57 Å². The third kappa shape index (κ3) is 4.84. The summed E-state index contributed by atoms with van der Waals surface area (Å²) in [6.45, 7) is 31.4. The molecule has 0 amide bonds. The molecule has 2 aromatic rings. The highest BCUT2D eigenvalue weighted by atomic mass is 15.1. The molecule has 0 radical (unpaired) electrons. The summed E-state index contributed by atoms with van der Waals surface area (Å²) in [6.07, 6.45) is 6.09. The predicted octanol–water partition coefficient (Wildman–Crippen LogP) is 9.16. The molecule has 238 valence electrons. The number of nitrogens with two attached hydrogens (primary N) is 1. The fraction of sp³-hybridized carbons (Fsp3) is 0.476. The smallest absolute Gasteiger partial charge is 0.0348 e. The summed E-state index contributed by atoms with van der Waals surface area (Å²) in [4.78, 5) is 5.03. The fourth-order valence-electron chi connectivity index (χ4n) is 10.1. The maximum Gasteiger partial charge on any atom is 0.0348 e. The van der Waals surface area contributed by atoms with Crippen molar-refractivity contribution in [1.29, 1.82) is 0 Å². The van der Waals surface area contributed by atoms with E-state index in [1.165, 1.54) is 93.6 Å². The standard InChI is InChI=1S/C42H55N3/c1-25-15-17-32(24-45-19-13-12-14-20-45)21-34(25)33-18-16-26(2)37-27(3)39-30(6)42(9)29(5)38(31(7)43)28(4)40(44(10)11)36(42)23-41(39,8)22-35(33)37/h15-18,21,36,40H,3,5,7,12-14,19-20,22-24,43H2,1-2,4,6,8-11H3/t36-,40+,41-,42-/m0/s1. The van der Waals surface area contributed by atoms with Crippen LogP contribution < -0.4 is 5.73 Å². The van der Waals surface area contributed by atoms with Crippen LogP contribution in [0.1, 0.15) is 81.2 Å². The molecule has 1 saturated heterocycles. The van der Waals surface area contributed by atoms with Crippen LogP contribution in [0.25, 0.3) is 16.7 Å². The number of piperidine rings is 1. The number of allylic oxidation sites excluding steroid dienone is 4. The molecule has 0 saturated carbocycles. The van der Waals surface area contributed by atoms with Gasteiger partial charge in [-0.3, -0.25) is 4.90 Å². The third-order valence-electron chi connectivity index (χ3n) is 12.3. The molecule has 2 aromatic carbocycles. The molecule has 4 atom stereocenters. The highest BCUT2D eigenvalue weighted by Gasteiger charge is 2.57. The first-order chi connectivity index (χ1) is 21.2. The summed E-state index contributed by atoms with van der Waals surface area (Å²) in [7, 11) is 4.43. The Kier molecular flexibility index (Phi) is 7.98. The summed E-state index contributed by atoms with van der Waals surface area (Å²) in [5, 5.41) is 0. The van der Waals surface area contributed by atoms with E-state index in [0.29, 0.717) is 11.6 Å². The number of rotatable bonds is 5. The fourth-order valence-corrected chi connectivity index (χ4v) is 10.1. The molecule has 3 aliphatic carbocycles. The molecule has 0 spiro atoms. The van der Waals surface area contributed by atoms with Gasteiger partial charge in [0.2, 0.25) is 0 Å². The Hall–Kier alpha value is -3.14. The van der Waals surface area contributed by atoms with Crippen molar-refractivity contribution in [2.24, 2.45) is 22.5 Å². The minimum Gasteiger partial charge on any atom is -0.399 e. The van der Waals surface area contributed by atoms with E-state index in [9.17, 15) is 0 Å². The van der Waals surface area contributed by atoms with E-state index < -0.39 is 0 Å². The van der Waals surface area contributed by atoms with E-state index >= 15 is 0 Å². The van der Waals surface area contributed by atoms with Crippen LogP contribution in [-0.2, 0) is 13.0 Å². The summed E-state index contributed by atoms with van der Waals surface area (Å²) >= 11 is 0.